The summed E-state index contributed by atoms with van der Waals surface area (Å²) in [5, 5.41) is 3.52. The first kappa shape index (κ1) is 16.4. The molecule has 0 aliphatic carbocycles. The molecule has 2 rings (SSSR count). The molecule has 2 nitrogen and oxygen atoms in total. The zero-order valence-electron chi connectivity index (χ0n) is 13.0. The van der Waals surface area contributed by atoms with Crippen molar-refractivity contribution in [2.24, 2.45) is 5.92 Å². The van der Waals surface area contributed by atoms with Gasteiger partial charge < -0.3 is 5.32 Å². The molecule has 1 unspecified atom stereocenters. The van der Waals surface area contributed by atoms with Gasteiger partial charge in [-0.3, -0.25) is 4.90 Å². The Morgan fingerprint density at radius 2 is 2.05 bits per heavy atom. The Balaban J connectivity index is 1.93. The van der Waals surface area contributed by atoms with Gasteiger partial charge in [-0.25, -0.2) is 8.78 Å². The molecule has 1 aromatic carbocycles. The predicted molar refractivity (Wildman–Crippen MR) is 82.1 cm³/mol. The van der Waals surface area contributed by atoms with Gasteiger partial charge in [0.25, 0.3) is 0 Å². The van der Waals surface area contributed by atoms with Gasteiger partial charge in [0.1, 0.15) is 0 Å². The molecule has 1 fully saturated rings. The topological polar surface area (TPSA) is 15.3 Å². The van der Waals surface area contributed by atoms with Crippen molar-refractivity contribution in [2.75, 3.05) is 19.6 Å². The van der Waals surface area contributed by atoms with E-state index in [1.807, 2.05) is 0 Å². The molecule has 1 atom stereocenters. The SMILES string of the molecule is CC(C)CNCC1CCCCN1Cc1ccc(F)c(F)c1. The number of hydrogen-bond donors (Lipinski definition) is 1. The van der Waals surface area contributed by atoms with E-state index in [4.69, 9.17) is 0 Å². The number of nitrogens with one attached hydrogen (secondary N) is 1. The lowest BCUT2D eigenvalue weighted by Crippen LogP contribution is -2.45. The zero-order valence-corrected chi connectivity index (χ0v) is 13.0. The fourth-order valence-corrected chi connectivity index (χ4v) is 2.91. The number of rotatable bonds is 6. The van der Waals surface area contributed by atoms with Crippen LogP contribution in [0.15, 0.2) is 18.2 Å². The number of halogens is 2. The van der Waals surface area contributed by atoms with E-state index in [0.29, 0.717) is 18.5 Å². The minimum atomic E-state index is -0.771. The van der Waals surface area contributed by atoms with Crippen molar-refractivity contribution in [3.63, 3.8) is 0 Å². The molecule has 1 aliphatic heterocycles. The highest BCUT2D eigenvalue weighted by Gasteiger charge is 2.22. The number of hydrogen-bond acceptors (Lipinski definition) is 2. The van der Waals surface area contributed by atoms with Crippen LogP contribution in [0.25, 0.3) is 0 Å². The van der Waals surface area contributed by atoms with Crippen molar-refractivity contribution < 1.29 is 8.78 Å². The predicted octanol–water partition coefficient (Wildman–Crippen LogP) is 3.56. The van der Waals surface area contributed by atoms with Crippen LogP contribution >= 0.6 is 0 Å². The lowest BCUT2D eigenvalue weighted by atomic mass is 10.0. The third kappa shape index (κ3) is 5.04. The fraction of sp³-hybridized carbons (Fsp3) is 0.647. The second-order valence-corrected chi connectivity index (χ2v) is 6.42. The van der Waals surface area contributed by atoms with Crippen LogP contribution in [0.4, 0.5) is 8.78 Å². The largest absolute Gasteiger partial charge is 0.315 e. The van der Waals surface area contributed by atoms with Gasteiger partial charge in [0, 0.05) is 19.1 Å². The van der Waals surface area contributed by atoms with E-state index in [9.17, 15) is 8.78 Å². The van der Waals surface area contributed by atoms with Crippen LogP contribution in [0.1, 0.15) is 38.7 Å². The molecule has 4 heteroatoms. The highest BCUT2D eigenvalue weighted by molar-refractivity contribution is 5.17. The van der Waals surface area contributed by atoms with Crippen LogP contribution in [0, 0.1) is 17.6 Å². The summed E-state index contributed by atoms with van der Waals surface area (Å²) < 4.78 is 26.3. The third-order valence-electron chi connectivity index (χ3n) is 4.05. The van der Waals surface area contributed by atoms with Crippen molar-refractivity contribution in [1.82, 2.24) is 10.2 Å². The molecule has 0 amide bonds. The van der Waals surface area contributed by atoms with E-state index in [-0.39, 0.29) is 0 Å². The lowest BCUT2D eigenvalue weighted by Gasteiger charge is -2.36. The summed E-state index contributed by atoms with van der Waals surface area (Å²) in [6.45, 7) is 8.13. The maximum atomic E-state index is 13.3. The van der Waals surface area contributed by atoms with Gasteiger partial charge in [-0.05, 0) is 49.5 Å². The first-order valence-corrected chi connectivity index (χ1v) is 7.95. The van der Waals surface area contributed by atoms with Crippen molar-refractivity contribution in [3.8, 4) is 0 Å². The smallest absolute Gasteiger partial charge is 0.159 e. The molecule has 0 saturated carbocycles. The van der Waals surface area contributed by atoms with Crippen molar-refractivity contribution in [2.45, 2.75) is 45.7 Å². The molecule has 1 heterocycles. The van der Waals surface area contributed by atoms with E-state index in [2.05, 4.69) is 24.1 Å². The summed E-state index contributed by atoms with van der Waals surface area (Å²) >= 11 is 0. The van der Waals surface area contributed by atoms with Crippen molar-refractivity contribution >= 4 is 0 Å². The molecular weight excluding hydrogens is 270 g/mol. The Kier molecular flexibility index (Phi) is 6.12. The van der Waals surface area contributed by atoms with Gasteiger partial charge in [-0.1, -0.05) is 26.3 Å². The van der Waals surface area contributed by atoms with Crippen LogP contribution in [-0.4, -0.2) is 30.6 Å². The van der Waals surface area contributed by atoms with E-state index in [1.54, 1.807) is 6.07 Å². The van der Waals surface area contributed by atoms with Crippen molar-refractivity contribution in [1.29, 1.82) is 0 Å². The fourth-order valence-electron chi connectivity index (χ4n) is 2.91. The highest BCUT2D eigenvalue weighted by Crippen LogP contribution is 2.20. The summed E-state index contributed by atoms with van der Waals surface area (Å²) in [5.74, 6) is -0.875. The second-order valence-electron chi connectivity index (χ2n) is 6.42. The second kappa shape index (κ2) is 7.85. The van der Waals surface area contributed by atoms with Crippen LogP contribution in [0.3, 0.4) is 0 Å². The molecule has 0 spiro atoms. The Bertz CT molecular complexity index is 448. The molecule has 1 N–H and O–H groups in total. The quantitative estimate of drug-likeness (QED) is 0.863. The lowest BCUT2D eigenvalue weighted by molar-refractivity contribution is 0.136. The Morgan fingerprint density at radius 3 is 2.76 bits per heavy atom. The molecule has 0 aromatic heterocycles. The Labute approximate surface area is 126 Å². The normalized spacial score (nSPS) is 20.1. The van der Waals surface area contributed by atoms with E-state index >= 15 is 0 Å². The minimum absolute atomic E-state index is 0.491. The number of likely N-dealkylation sites (tertiary alicyclic amines) is 1. The van der Waals surface area contributed by atoms with Gasteiger partial charge in [0.05, 0.1) is 0 Å². The summed E-state index contributed by atoms with van der Waals surface area (Å²) in [4.78, 5) is 2.39. The number of piperidine rings is 1. The molecule has 21 heavy (non-hydrogen) atoms. The molecule has 1 saturated heterocycles. The molecule has 0 bridgehead atoms. The van der Waals surface area contributed by atoms with Gasteiger partial charge in [0.2, 0.25) is 0 Å². The molecule has 118 valence electrons. The molecule has 0 radical (unpaired) electrons. The molecule has 1 aromatic rings. The van der Waals surface area contributed by atoms with E-state index in [1.165, 1.54) is 31.4 Å². The highest BCUT2D eigenvalue weighted by atomic mass is 19.2. The van der Waals surface area contributed by atoms with Crippen molar-refractivity contribution in [3.05, 3.63) is 35.4 Å². The Hall–Kier alpha value is -1.00. The number of benzene rings is 1. The third-order valence-corrected chi connectivity index (χ3v) is 4.05. The Morgan fingerprint density at radius 1 is 1.24 bits per heavy atom. The van der Waals surface area contributed by atoms with E-state index < -0.39 is 11.6 Å². The average molecular weight is 296 g/mol. The standard InChI is InChI=1S/C17H26F2N2/c1-13(2)10-20-11-15-5-3-4-8-21(15)12-14-6-7-16(18)17(19)9-14/h6-7,9,13,15,20H,3-5,8,10-12H2,1-2H3. The zero-order chi connectivity index (χ0) is 15.2. The minimum Gasteiger partial charge on any atom is -0.315 e. The number of nitrogens with zero attached hydrogens (tertiary/aromatic N) is 1. The molecular formula is C17H26F2N2. The maximum absolute atomic E-state index is 13.3. The van der Waals surface area contributed by atoms with Crippen LogP contribution in [-0.2, 0) is 6.54 Å². The molecule has 1 aliphatic rings. The first-order chi connectivity index (χ1) is 10.1. The van der Waals surface area contributed by atoms with Crippen LogP contribution in [0.5, 0.6) is 0 Å². The maximum Gasteiger partial charge on any atom is 0.159 e. The van der Waals surface area contributed by atoms with Crippen LogP contribution < -0.4 is 5.32 Å². The summed E-state index contributed by atoms with van der Waals surface area (Å²) in [7, 11) is 0. The van der Waals surface area contributed by atoms with Gasteiger partial charge >= 0.3 is 0 Å². The van der Waals surface area contributed by atoms with E-state index in [0.717, 1.165) is 25.2 Å². The van der Waals surface area contributed by atoms with Gasteiger partial charge in [-0.2, -0.15) is 0 Å². The van der Waals surface area contributed by atoms with Gasteiger partial charge in [0.15, 0.2) is 11.6 Å². The van der Waals surface area contributed by atoms with Gasteiger partial charge in [-0.15, -0.1) is 0 Å². The summed E-state index contributed by atoms with van der Waals surface area (Å²) in [6.07, 6.45) is 3.61. The average Bonchev–Trinajstić information content (AvgIpc) is 2.44. The summed E-state index contributed by atoms with van der Waals surface area (Å²) in [5.41, 5.74) is 0.852. The summed E-state index contributed by atoms with van der Waals surface area (Å²) in [6, 6.07) is 4.72. The monoisotopic (exact) mass is 296 g/mol. The first-order valence-electron chi connectivity index (χ1n) is 7.95. The van der Waals surface area contributed by atoms with Crippen LogP contribution in [0.2, 0.25) is 0 Å².